The molecule has 0 aliphatic heterocycles. The molecular weight excluding hydrogens is 397 g/mol. The molecule has 1 aliphatic carbocycles. The zero-order valence-corrected chi connectivity index (χ0v) is 16.5. The third-order valence-electron chi connectivity index (χ3n) is 5.20. The molecule has 162 valence electrons. The highest BCUT2D eigenvalue weighted by Gasteiger charge is 2.31. The van der Waals surface area contributed by atoms with E-state index in [4.69, 9.17) is 4.74 Å². The highest BCUT2D eigenvalue weighted by Crippen LogP contribution is 2.24. The summed E-state index contributed by atoms with van der Waals surface area (Å²) in [4.78, 5) is 24.4. The van der Waals surface area contributed by atoms with Crippen LogP contribution in [0.15, 0.2) is 42.5 Å². The summed E-state index contributed by atoms with van der Waals surface area (Å²) in [5.74, 6) is -0.549. The molecular formula is C22H25F3N2O3. The zero-order chi connectivity index (χ0) is 21.6. The first-order chi connectivity index (χ1) is 14.3. The van der Waals surface area contributed by atoms with Crippen LogP contribution in [0.4, 0.5) is 13.2 Å². The number of hydrogen-bond donors (Lipinski definition) is 2. The molecule has 0 saturated heterocycles. The van der Waals surface area contributed by atoms with E-state index in [1.165, 1.54) is 0 Å². The van der Waals surface area contributed by atoms with Gasteiger partial charge in [-0.1, -0.05) is 42.5 Å². The van der Waals surface area contributed by atoms with E-state index in [0.29, 0.717) is 25.7 Å². The van der Waals surface area contributed by atoms with Gasteiger partial charge in [0.15, 0.2) is 0 Å². The topological polar surface area (TPSA) is 67.4 Å². The number of carbonyl (C=O) groups excluding carboxylic acids is 2. The summed E-state index contributed by atoms with van der Waals surface area (Å²) in [5, 5.41) is 7.51. The van der Waals surface area contributed by atoms with Gasteiger partial charge in [0.25, 0.3) is 0 Å². The normalized spacial score (nSPS) is 19.4. The summed E-state index contributed by atoms with van der Waals surface area (Å²) >= 11 is 0. The number of halogens is 3. The molecule has 0 spiro atoms. The van der Waals surface area contributed by atoms with E-state index in [1.54, 1.807) is 0 Å². The maximum Gasteiger partial charge on any atom is 0.411 e. The monoisotopic (exact) mass is 422 g/mol. The predicted molar refractivity (Wildman–Crippen MR) is 107 cm³/mol. The van der Waals surface area contributed by atoms with Gasteiger partial charge >= 0.3 is 6.18 Å². The van der Waals surface area contributed by atoms with Crippen molar-refractivity contribution in [3.05, 3.63) is 48.0 Å². The molecule has 2 aromatic rings. The smallest absolute Gasteiger partial charge is 0.369 e. The largest absolute Gasteiger partial charge is 0.411 e. The van der Waals surface area contributed by atoms with E-state index in [1.807, 2.05) is 42.5 Å². The molecule has 5 nitrogen and oxygen atoms in total. The maximum absolute atomic E-state index is 12.2. The van der Waals surface area contributed by atoms with Crippen molar-refractivity contribution in [1.82, 2.24) is 10.6 Å². The van der Waals surface area contributed by atoms with E-state index >= 15 is 0 Å². The summed E-state index contributed by atoms with van der Waals surface area (Å²) in [6.07, 6.45) is -2.54. The molecule has 1 fully saturated rings. The number of carbonyl (C=O) groups is 2. The van der Waals surface area contributed by atoms with Crippen molar-refractivity contribution in [2.75, 3.05) is 13.2 Å². The van der Waals surface area contributed by atoms with Crippen molar-refractivity contribution in [1.29, 1.82) is 0 Å². The van der Waals surface area contributed by atoms with Gasteiger partial charge < -0.3 is 15.4 Å². The Labute approximate surface area is 173 Å². The van der Waals surface area contributed by atoms with Crippen molar-refractivity contribution in [2.24, 2.45) is 0 Å². The second-order valence-corrected chi connectivity index (χ2v) is 7.56. The van der Waals surface area contributed by atoms with E-state index in [9.17, 15) is 22.8 Å². The van der Waals surface area contributed by atoms with E-state index < -0.39 is 18.9 Å². The molecule has 30 heavy (non-hydrogen) atoms. The number of fused-ring (bicyclic) bond motifs is 1. The van der Waals surface area contributed by atoms with Crippen LogP contribution in [0.2, 0.25) is 0 Å². The Balaban J connectivity index is 1.38. The summed E-state index contributed by atoms with van der Waals surface area (Å²) < 4.78 is 41.5. The molecule has 2 aromatic carbocycles. The van der Waals surface area contributed by atoms with Crippen molar-refractivity contribution in [2.45, 2.75) is 50.4 Å². The highest BCUT2D eigenvalue weighted by atomic mass is 19.4. The van der Waals surface area contributed by atoms with Crippen molar-refractivity contribution < 1.29 is 27.5 Å². The third-order valence-corrected chi connectivity index (χ3v) is 5.20. The Morgan fingerprint density at radius 3 is 2.40 bits per heavy atom. The van der Waals surface area contributed by atoms with Crippen LogP contribution in [-0.4, -0.2) is 43.3 Å². The van der Waals surface area contributed by atoms with Crippen molar-refractivity contribution >= 4 is 22.6 Å². The summed E-state index contributed by atoms with van der Waals surface area (Å²) in [6, 6.07) is 13.4. The van der Waals surface area contributed by atoms with Gasteiger partial charge in [-0.15, -0.1) is 0 Å². The lowest BCUT2D eigenvalue weighted by Crippen LogP contribution is -2.44. The molecule has 0 bridgehead atoms. The SMILES string of the molecule is O=C(Cc1cccc2ccccc12)NCC(=O)NC1CCC(OCC(F)(F)F)CC1. The minimum Gasteiger partial charge on any atom is -0.369 e. The lowest BCUT2D eigenvalue weighted by atomic mass is 9.93. The van der Waals surface area contributed by atoms with Crippen LogP contribution in [0.1, 0.15) is 31.2 Å². The third kappa shape index (κ3) is 6.73. The first kappa shape index (κ1) is 22.1. The van der Waals surface area contributed by atoms with Crippen LogP contribution in [0.3, 0.4) is 0 Å². The summed E-state index contributed by atoms with van der Waals surface area (Å²) in [6.45, 7) is -1.37. The molecule has 3 rings (SSSR count). The van der Waals surface area contributed by atoms with Crippen LogP contribution < -0.4 is 10.6 Å². The lowest BCUT2D eigenvalue weighted by molar-refractivity contribution is -0.188. The van der Waals surface area contributed by atoms with E-state index in [2.05, 4.69) is 10.6 Å². The average molecular weight is 422 g/mol. The van der Waals surface area contributed by atoms with Gasteiger partial charge in [0.2, 0.25) is 11.8 Å². The second kappa shape index (κ2) is 9.93. The van der Waals surface area contributed by atoms with Crippen LogP contribution in [-0.2, 0) is 20.7 Å². The van der Waals surface area contributed by atoms with Crippen molar-refractivity contribution in [3.63, 3.8) is 0 Å². The van der Waals surface area contributed by atoms with Gasteiger partial charge in [-0.05, 0) is 42.0 Å². The maximum atomic E-state index is 12.2. The fourth-order valence-electron chi connectivity index (χ4n) is 3.73. The summed E-state index contributed by atoms with van der Waals surface area (Å²) in [5.41, 5.74) is 0.892. The van der Waals surface area contributed by atoms with Gasteiger partial charge in [0.05, 0.1) is 19.1 Å². The van der Waals surface area contributed by atoms with E-state index in [-0.39, 0.29) is 30.8 Å². The number of alkyl halides is 3. The first-order valence-electron chi connectivity index (χ1n) is 10.0. The van der Waals surface area contributed by atoms with Crippen LogP contribution in [0.25, 0.3) is 10.8 Å². The Bertz CT molecular complexity index is 872. The Morgan fingerprint density at radius 1 is 0.967 bits per heavy atom. The Morgan fingerprint density at radius 2 is 1.67 bits per heavy atom. The second-order valence-electron chi connectivity index (χ2n) is 7.56. The van der Waals surface area contributed by atoms with E-state index in [0.717, 1.165) is 16.3 Å². The molecule has 0 unspecified atom stereocenters. The lowest BCUT2D eigenvalue weighted by Gasteiger charge is -2.29. The number of benzene rings is 2. The standard InChI is InChI=1S/C22H25F3N2O3/c23-22(24,25)14-30-18-10-8-17(9-11-18)27-21(29)13-26-20(28)12-16-6-3-5-15-4-1-2-7-19(15)16/h1-7,17-18H,8-14H2,(H,26,28)(H,27,29). The minimum absolute atomic E-state index is 0.113. The van der Waals surface area contributed by atoms with Crippen molar-refractivity contribution in [3.8, 4) is 0 Å². The summed E-state index contributed by atoms with van der Waals surface area (Å²) in [7, 11) is 0. The molecule has 8 heteroatoms. The molecule has 1 saturated carbocycles. The zero-order valence-electron chi connectivity index (χ0n) is 16.5. The number of ether oxygens (including phenoxy) is 1. The molecule has 2 N–H and O–H groups in total. The molecule has 0 aromatic heterocycles. The van der Waals surface area contributed by atoms with Crippen LogP contribution >= 0.6 is 0 Å². The van der Waals surface area contributed by atoms with Gasteiger partial charge in [0.1, 0.15) is 6.61 Å². The van der Waals surface area contributed by atoms with Gasteiger partial charge in [-0.25, -0.2) is 0 Å². The fraction of sp³-hybridized carbons (Fsp3) is 0.455. The minimum atomic E-state index is -4.32. The Hall–Kier alpha value is -2.61. The van der Waals surface area contributed by atoms with Gasteiger partial charge in [-0.2, -0.15) is 13.2 Å². The average Bonchev–Trinajstić information content (AvgIpc) is 2.71. The molecule has 1 aliphatic rings. The first-order valence-corrected chi connectivity index (χ1v) is 10.0. The van der Waals surface area contributed by atoms with Gasteiger partial charge in [0, 0.05) is 6.04 Å². The fourth-order valence-corrected chi connectivity index (χ4v) is 3.73. The van der Waals surface area contributed by atoms with Crippen LogP contribution in [0, 0.1) is 0 Å². The van der Waals surface area contributed by atoms with Gasteiger partial charge in [-0.3, -0.25) is 9.59 Å². The molecule has 2 amide bonds. The number of rotatable bonds is 7. The number of hydrogen-bond acceptors (Lipinski definition) is 3. The molecule has 0 radical (unpaired) electrons. The highest BCUT2D eigenvalue weighted by molar-refractivity contribution is 5.91. The van der Waals surface area contributed by atoms with Crippen LogP contribution in [0.5, 0.6) is 0 Å². The number of nitrogens with one attached hydrogen (secondary N) is 2. The molecule has 0 atom stereocenters. The number of amides is 2. The Kier molecular flexibility index (Phi) is 7.31. The molecule has 0 heterocycles. The quantitative estimate of drug-likeness (QED) is 0.718. The predicted octanol–water partition coefficient (Wildman–Crippen LogP) is 3.50.